The number of nitrogens with one attached hydrogen (secondary N) is 1. The summed E-state index contributed by atoms with van der Waals surface area (Å²) in [6, 6.07) is 8.39. The topological polar surface area (TPSA) is 64.6 Å². The SMILES string of the molecule is Cc1cc(C(c2ccc(F)c(C)c2)[C@H](C)OC(=O)[C@H](C)NC(=O)OC(C)(C)C)ccc1F. The van der Waals surface area contributed by atoms with E-state index in [-0.39, 0.29) is 11.6 Å². The van der Waals surface area contributed by atoms with Gasteiger partial charge in [-0.15, -0.1) is 0 Å². The lowest BCUT2D eigenvalue weighted by atomic mass is 9.85. The number of halogens is 2. The lowest BCUT2D eigenvalue weighted by Gasteiger charge is -2.27. The fraction of sp³-hybridized carbons (Fsp3) is 0.440. The second kappa shape index (κ2) is 10.1. The molecule has 2 atom stereocenters. The Kier molecular flexibility index (Phi) is 7.99. The molecule has 1 N–H and O–H groups in total. The van der Waals surface area contributed by atoms with Crippen molar-refractivity contribution in [2.45, 2.75) is 72.1 Å². The van der Waals surface area contributed by atoms with Gasteiger partial charge in [-0.3, -0.25) is 0 Å². The first-order valence-corrected chi connectivity index (χ1v) is 10.5. The zero-order chi connectivity index (χ0) is 24.2. The summed E-state index contributed by atoms with van der Waals surface area (Å²) in [4.78, 5) is 24.6. The Hall–Kier alpha value is -2.96. The van der Waals surface area contributed by atoms with Gasteiger partial charge in [-0.05, 0) is 82.9 Å². The molecule has 0 bridgehead atoms. The molecule has 0 heterocycles. The molecule has 5 nitrogen and oxygen atoms in total. The highest BCUT2D eigenvalue weighted by atomic mass is 19.1. The molecule has 0 aliphatic heterocycles. The molecule has 174 valence electrons. The number of ether oxygens (including phenoxy) is 2. The van der Waals surface area contributed by atoms with Gasteiger partial charge in [-0.2, -0.15) is 0 Å². The minimum atomic E-state index is -0.946. The molecular formula is C25H31F2NO4. The average Bonchev–Trinajstić information content (AvgIpc) is 2.66. The number of hydrogen-bond donors (Lipinski definition) is 1. The van der Waals surface area contributed by atoms with Crippen molar-refractivity contribution in [1.82, 2.24) is 5.32 Å². The Morgan fingerprint density at radius 1 is 0.906 bits per heavy atom. The molecular weight excluding hydrogens is 416 g/mol. The second-order valence-electron chi connectivity index (χ2n) is 9.00. The highest BCUT2D eigenvalue weighted by molar-refractivity contribution is 5.81. The average molecular weight is 448 g/mol. The fourth-order valence-corrected chi connectivity index (χ4v) is 3.35. The van der Waals surface area contributed by atoms with E-state index in [1.165, 1.54) is 19.1 Å². The summed E-state index contributed by atoms with van der Waals surface area (Å²) >= 11 is 0. The van der Waals surface area contributed by atoms with Crippen LogP contribution in [-0.4, -0.2) is 29.8 Å². The summed E-state index contributed by atoms with van der Waals surface area (Å²) in [7, 11) is 0. The highest BCUT2D eigenvalue weighted by Crippen LogP contribution is 2.32. The molecule has 2 aromatic rings. The number of benzene rings is 2. The minimum absolute atomic E-state index is 0.345. The molecule has 2 rings (SSSR count). The number of amides is 1. The van der Waals surface area contributed by atoms with Crippen molar-refractivity contribution in [3.8, 4) is 0 Å². The first-order valence-electron chi connectivity index (χ1n) is 10.5. The zero-order valence-corrected chi connectivity index (χ0v) is 19.6. The van der Waals surface area contributed by atoms with E-state index in [1.807, 2.05) is 0 Å². The van der Waals surface area contributed by atoms with Gasteiger partial charge in [0, 0.05) is 5.92 Å². The minimum Gasteiger partial charge on any atom is -0.460 e. The number of hydrogen-bond acceptors (Lipinski definition) is 4. The molecule has 0 radical (unpaired) electrons. The van der Waals surface area contributed by atoms with Gasteiger partial charge in [0.15, 0.2) is 0 Å². The lowest BCUT2D eigenvalue weighted by molar-refractivity contribution is -0.150. The van der Waals surface area contributed by atoms with E-state index in [9.17, 15) is 18.4 Å². The summed E-state index contributed by atoms with van der Waals surface area (Å²) < 4.78 is 38.5. The summed E-state index contributed by atoms with van der Waals surface area (Å²) in [5.41, 5.74) is 1.65. The first kappa shape index (κ1) is 25.3. The predicted molar refractivity (Wildman–Crippen MR) is 119 cm³/mol. The zero-order valence-electron chi connectivity index (χ0n) is 19.6. The number of alkyl carbamates (subject to hydrolysis) is 1. The lowest BCUT2D eigenvalue weighted by Crippen LogP contribution is -2.43. The Balaban J connectivity index is 2.27. The highest BCUT2D eigenvalue weighted by Gasteiger charge is 2.29. The van der Waals surface area contributed by atoms with Gasteiger partial charge in [0.2, 0.25) is 0 Å². The number of aryl methyl sites for hydroxylation is 2. The monoisotopic (exact) mass is 447 g/mol. The quantitative estimate of drug-likeness (QED) is 0.589. The standard InChI is InChI=1S/C25H31F2NO4/c1-14-12-18(8-10-20(14)26)22(19-9-11-21(27)15(2)13-19)17(4)31-23(29)16(3)28-24(30)32-25(5,6)7/h8-13,16-17,22H,1-7H3,(H,28,30)/t16-,17-/m0/s1. The van der Waals surface area contributed by atoms with Crippen molar-refractivity contribution in [3.63, 3.8) is 0 Å². The molecule has 0 saturated heterocycles. The van der Waals surface area contributed by atoms with Gasteiger partial charge in [0.1, 0.15) is 29.4 Å². The molecule has 0 aliphatic rings. The summed E-state index contributed by atoms with van der Waals surface area (Å²) in [6.45, 7) is 11.7. The van der Waals surface area contributed by atoms with Gasteiger partial charge in [-0.1, -0.05) is 24.3 Å². The van der Waals surface area contributed by atoms with E-state index in [0.717, 1.165) is 11.1 Å². The Morgan fingerprint density at radius 2 is 1.38 bits per heavy atom. The largest absolute Gasteiger partial charge is 0.460 e. The van der Waals surface area contributed by atoms with E-state index < -0.39 is 35.7 Å². The van der Waals surface area contributed by atoms with Crippen LogP contribution in [0.4, 0.5) is 13.6 Å². The van der Waals surface area contributed by atoms with E-state index >= 15 is 0 Å². The number of rotatable bonds is 6. The van der Waals surface area contributed by atoms with Crippen molar-refractivity contribution < 1.29 is 27.8 Å². The van der Waals surface area contributed by atoms with Gasteiger partial charge in [0.25, 0.3) is 0 Å². The maximum atomic E-state index is 13.9. The molecule has 7 heteroatoms. The van der Waals surface area contributed by atoms with Gasteiger partial charge in [0.05, 0.1) is 0 Å². The van der Waals surface area contributed by atoms with Crippen LogP contribution in [0, 0.1) is 25.5 Å². The normalized spacial score (nSPS) is 13.4. The van der Waals surface area contributed by atoms with Crippen LogP contribution in [0.2, 0.25) is 0 Å². The number of esters is 1. The van der Waals surface area contributed by atoms with Crippen LogP contribution < -0.4 is 5.32 Å². The second-order valence-corrected chi connectivity index (χ2v) is 9.00. The molecule has 0 fully saturated rings. The van der Waals surface area contributed by atoms with E-state index in [4.69, 9.17) is 9.47 Å². The smallest absolute Gasteiger partial charge is 0.408 e. The van der Waals surface area contributed by atoms with Crippen LogP contribution in [0.25, 0.3) is 0 Å². The van der Waals surface area contributed by atoms with E-state index in [1.54, 1.807) is 65.8 Å². The fourth-order valence-electron chi connectivity index (χ4n) is 3.35. The molecule has 2 aromatic carbocycles. The Morgan fingerprint density at radius 3 is 1.78 bits per heavy atom. The number of carbonyl (C=O) groups is 2. The van der Waals surface area contributed by atoms with Crippen LogP contribution in [-0.2, 0) is 14.3 Å². The van der Waals surface area contributed by atoms with Crippen LogP contribution >= 0.6 is 0 Å². The van der Waals surface area contributed by atoms with E-state index in [0.29, 0.717) is 11.1 Å². The van der Waals surface area contributed by atoms with Crippen LogP contribution in [0.5, 0.6) is 0 Å². The Labute approximate surface area is 188 Å². The molecule has 32 heavy (non-hydrogen) atoms. The van der Waals surface area contributed by atoms with Crippen LogP contribution in [0.1, 0.15) is 62.8 Å². The Bertz CT molecular complexity index is 933. The van der Waals surface area contributed by atoms with Crippen LogP contribution in [0.3, 0.4) is 0 Å². The maximum Gasteiger partial charge on any atom is 0.408 e. The van der Waals surface area contributed by atoms with Crippen molar-refractivity contribution in [3.05, 3.63) is 70.3 Å². The number of carbonyl (C=O) groups excluding carboxylic acids is 2. The third kappa shape index (κ3) is 6.77. The molecule has 0 spiro atoms. The summed E-state index contributed by atoms with van der Waals surface area (Å²) in [6.07, 6.45) is -1.41. The molecule has 0 aliphatic carbocycles. The maximum absolute atomic E-state index is 13.9. The van der Waals surface area contributed by atoms with Crippen molar-refractivity contribution in [2.75, 3.05) is 0 Å². The van der Waals surface area contributed by atoms with E-state index in [2.05, 4.69) is 5.32 Å². The van der Waals surface area contributed by atoms with Gasteiger partial charge >= 0.3 is 12.1 Å². The predicted octanol–water partition coefficient (Wildman–Crippen LogP) is 5.56. The summed E-state index contributed by atoms with van der Waals surface area (Å²) in [5, 5.41) is 2.46. The molecule has 0 unspecified atom stereocenters. The van der Waals surface area contributed by atoms with Crippen LogP contribution in [0.15, 0.2) is 36.4 Å². The molecule has 1 amide bonds. The third-order valence-corrected chi connectivity index (χ3v) is 4.94. The summed E-state index contributed by atoms with van der Waals surface area (Å²) in [5.74, 6) is -1.80. The molecule has 0 aromatic heterocycles. The first-order chi connectivity index (χ1) is 14.8. The van der Waals surface area contributed by atoms with Crippen molar-refractivity contribution >= 4 is 12.1 Å². The van der Waals surface area contributed by atoms with Crippen molar-refractivity contribution in [1.29, 1.82) is 0 Å². The van der Waals surface area contributed by atoms with Crippen molar-refractivity contribution in [2.24, 2.45) is 0 Å². The third-order valence-electron chi connectivity index (χ3n) is 4.94. The van der Waals surface area contributed by atoms with Gasteiger partial charge in [-0.25, -0.2) is 18.4 Å². The molecule has 0 saturated carbocycles. The van der Waals surface area contributed by atoms with Gasteiger partial charge < -0.3 is 14.8 Å².